The highest BCUT2D eigenvalue weighted by atomic mass is 32.2. The van der Waals surface area contributed by atoms with Gasteiger partial charge >= 0.3 is 0 Å². The fourth-order valence-electron chi connectivity index (χ4n) is 5.50. The largest absolute Gasteiger partial charge is 0.490 e. The third kappa shape index (κ3) is 4.06. The molecular weight excluding hydrogens is 438 g/mol. The maximum atomic E-state index is 12.7. The number of piperidine rings is 1. The van der Waals surface area contributed by atoms with E-state index in [9.17, 15) is 9.59 Å². The van der Waals surface area contributed by atoms with Gasteiger partial charge in [-0.3, -0.25) is 24.0 Å². The highest BCUT2D eigenvalue weighted by molar-refractivity contribution is 7.99. The molecule has 1 fully saturated rings. The molecular formula is C24H29N5O3S. The summed E-state index contributed by atoms with van der Waals surface area (Å²) in [6, 6.07) is 6.22. The minimum atomic E-state index is 0.00798. The van der Waals surface area contributed by atoms with Gasteiger partial charge in [0, 0.05) is 43.9 Å². The van der Waals surface area contributed by atoms with Gasteiger partial charge in [0.1, 0.15) is 5.82 Å². The first-order valence-corrected chi connectivity index (χ1v) is 12.9. The first kappa shape index (κ1) is 21.2. The molecule has 0 spiro atoms. The molecule has 4 aliphatic heterocycles. The van der Waals surface area contributed by atoms with Crippen molar-refractivity contribution in [1.29, 1.82) is 0 Å². The third-order valence-electron chi connectivity index (χ3n) is 7.22. The number of carbonyl (C=O) groups is 1. The number of thioether (sulfide) groups is 1. The fraction of sp³-hybridized carbons (Fsp3) is 0.542. The Morgan fingerprint density at radius 1 is 1.18 bits per heavy atom. The maximum absolute atomic E-state index is 12.7. The first-order chi connectivity index (χ1) is 16.2. The van der Waals surface area contributed by atoms with Gasteiger partial charge in [-0.05, 0) is 50.0 Å². The van der Waals surface area contributed by atoms with Crippen LogP contribution in [0.2, 0.25) is 0 Å². The summed E-state index contributed by atoms with van der Waals surface area (Å²) in [6.45, 7) is 4.95. The van der Waals surface area contributed by atoms with E-state index < -0.39 is 0 Å². The molecule has 174 valence electrons. The van der Waals surface area contributed by atoms with E-state index in [0.29, 0.717) is 19.0 Å². The van der Waals surface area contributed by atoms with Gasteiger partial charge in [-0.15, -0.1) is 11.8 Å². The first-order valence-electron chi connectivity index (χ1n) is 11.9. The van der Waals surface area contributed by atoms with Crippen LogP contribution in [0.25, 0.3) is 0 Å². The van der Waals surface area contributed by atoms with E-state index in [1.54, 1.807) is 6.07 Å². The van der Waals surface area contributed by atoms with Gasteiger partial charge in [-0.2, -0.15) is 0 Å². The molecule has 0 unspecified atom stereocenters. The van der Waals surface area contributed by atoms with Crippen molar-refractivity contribution >= 4 is 23.5 Å². The molecule has 0 saturated carbocycles. The molecule has 9 heteroatoms. The molecule has 4 aliphatic rings. The number of anilines is 1. The Kier molecular flexibility index (Phi) is 5.63. The third-order valence-corrected chi connectivity index (χ3v) is 8.22. The number of ether oxygens (including phenoxy) is 1. The van der Waals surface area contributed by atoms with Gasteiger partial charge < -0.3 is 15.0 Å². The molecule has 2 aromatic rings. The molecule has 0 aliphatic carbocycles. The quantitative estimate of drug-likeness (QED) is 0.719. The summed E-state index contributed by atoms with van der Waals surface area (Å²) in [7, 11) is 0. The summed E-state index contributed by atoms with van der Waals surface area (Å²) >= 11 is 1.83. The number of rotatable bonds is 5. The number of hydrogen-bond donors (Lipinski definition) is 1. The minimum Gasteiger partial charge on any atom is -0.490 e. The number of aryl methyl sites for hydroxylation is 1. The van der Waals surface area contributed by atoms with Gasteiger partial charge in [0.05, 0.1) is 29.4 Å². The Morgan fingerprint density at radius 3 is 2.94 bits per heavy atom. The van der Waals surface area contributed by atoms with Crippen molar-refractivity contribution in [1.82, 2.24) is 19.8 Å². The lowest BCUT2D eigenvalue weighted by Crippen LogP contribution is -2.45. The van der Waals surface area contributed by atoms with Gasteiger partial charge in [0.25, 0.3) is 5.56 Å². The molecule has 6 heterocycles. The molecule has 0 bridgehead atoms. The summed E-state index contributed by atoms with van der Waals surface area (Å²) < 4.78 is 7.52. The van der Waals surface area contributed by atoms with Crippen LogP contribution < -0.4 is 20.5 Å². The molecule has 2 aromatic heterocycles. The van der Waals surface area contributed by atoms with Crippen molar-refractivity contribution in [3.05, 3.63) is 46.0 Å². The minimum absolute atomic E-state index is 0.00798. The number of nitrogens with zero attached hydrogens (tertiary/aromatic N) is 4. The lowest BCUT2D eigenvalue weighted by atomic mass is 10.0. The second-order valence-electron chi connectivity index (χ2n) is 9.32. The molecule has 0 radical (unpaired) electrons. The summed E-state index contributed by atoms with van der Waals surface area (Å²) in [5.41, 5.74) is 2.19. The van der Waals surface area contributed by atoms with Crippen LogP contribution in [0.3, 0.4) is 0 Å². The smallest absolute Gasteiger partial charge is 0.252 e. The summed E-state index contributed by atoms with van der Waals surface area (Å²) in [5, 5.41) is 3.67. The number of carbonyl (C=O) groups excluding carboxylic acids is 1. The molecule has 1 N–H and O–H groups in total. The van der Waals surface area contributed by atoms with Crippen molar-refractivity contribution in [2.75, 3.05) is 43.4 Å². The predicted octanol–water partition coefficient (Wildman–Crippen LogP) is 1.82. The van der Waals surface area contributed by atoms with E-state index in [2.05, 4.69) is 21.3 Å². The van der Waals surface area contributed by atoms with E-state index in [0.717, 1.165) is 80.6 Å². The number of hydrogen-bond acceptors (Lipinski definition) is 7. The molecule has 1 amide bonds. The van der Waals surface area contributed by atoms with Crippen LogP contribution in [0.15, 0.2) is 34.1 Å². The molecule has 0 aromatic carbocycles. The molecule has 1 atom stereocenters. The van der Waals surface area contributed by atoms with Gasteiger partial charge in [-0.25, -0.2) is 0 Å². The van der Waals surface area contributed by atoms with Crippen molar-refractivity contribution < 1.29 is 9.53 Å². The van der Waals surface area contributed by atoms with Crippen LogP contribution in [-0.4, -0.2) is 64.9 Å². The second-order valence-corrected chi connectivity index (χ2v) is 10.5. The van der Waals surface area contributed by atoms with Gasteiger partial charge in [0.15, 0.2) is 5.75 Å². The van der Waals surface area contributed by atoms with Crippen LogP contribution in [0.1, 0.15) is 36.6 Å². The van der Waals surface area contributed by atoms with Crippen molar-refractivity contribution in [3.63, 3.8) is 0 Å². The highest BCUT2D eigenvalue weighted by Gasteiger charge is 2.38. The Bertz CT molecular complexity index is 1130. The monoisotopic (exact) mass is 467 g/mol. The van der Waals surface area contributed by atoms with E-state index in [4.69, 9.17) is 4.74 Å². The number of likely N-dealkylation sites (tertiary alicyclic amines) is 1. The van der Waals surface area contributed by atoms with Crippen LogP contribution in [0.5, 0.6) is 5.75 Å². The Labute approximate surface area is 197 Å². The van der Waals surface area contributed by atoms with E-state index in [-0.39, 0.29) is 17.5 Å². The fourth-order valence-corrected chi connectivity index (χ4v) is 6.36. The number of pyridine rings is 2. The van der Waals surface area contributed by atoms with Crippen molar-refractivity contribution in [3.8, 4) is 5.75 Å². The number of fused-ring (bicyclic) bond motifs is 1. The molecule has 8 nitrogen and oxygen atoms in total. The van der Waals surface area contributed by atoms with E-state index in [1.165, 1.54) is 4.90 Å². The zero-order chi connectivity index (χ0) is 22.4. The van der Waals surface area contributed by atoms with E-state index in [1.807, 2.05) is 33.5 Å². The molecule has 6 rings (SSSR count). The van der Waals surface area contributed by atoms with Crippen molar-refractivity contribution in [2.45, 2.75) is 49.2 Å². The lowest BCUT2D eigenvalue weighted by molar-refractivity contribution is -0.118. The number of nitrogens with one attached hydrogen (secondary N) is 1. The zero-order valence-electron chi connectivity index (χ0n) is 18.7. The lowest BCUT2D eigenvalue weighted by Gasteiger charge is -2.34. The Hall–Kier alpha value is -2.36. The number of aromatic nitrogens is 2. The Morgan fingerprint density at radius 2 is 2.06 bits per heavy atom. The highest BCUT2D eigenvalue weighted by Crippen LogP contribution is 2.36. The van der Waals surface area contributed by atoms with Crippen LogP contribution >= 0.6 is 11.8 Å². The standard InChI is InChI=1S/C24H29N5O3S/c30-22-3-1-16-2-4-23(31)29-19(15-28(22)24(16)29)14-27-7-5-17(6-8-27)25-12-18-11-21-20(13-26-18)32-9-10-33-21/h2,4,11,13,17,19,25H,1,3,5-10,12,14-15H2/t19-/m1/s1. The summed E-state index contributed by atoms with van der Waals surface area (Å²) in [4.78, 5) is 35.1. The summed E-state index contributed by atoms with van der Waals surface area (Å²) in [5.74, 6) is 2.89. The number of amides is 1. The van der Waals surface area contributed by atoms with Crippen LogP contribution in [0.4, 0.5) is 5.82 Å². The van der Waals surface area contributed by atoms with Crippen molar-refractivity contribution in [2.24, 2.45) is 0 Å². The average Bonchev–Trinajstić information content (AvgIpc) is 3.23. The maximum Gasteiger partial charge on any atom is 0.252 e. The topological polar surface area (TPSA) is 79.7 Å². The van der Waals surface area contributed by atoms with Crippen LogP contribution in [-0.2, 0) is 17.8 Å². The molecule has 1 saturated heterocycles. The second kappa shape index (κ2) is 8.77. The molecule has 33 heavy (non-hydrogen) atoms. The summed E-state index contributed by atoms with van der Waals surface area (Å²) in [6.07, 6.45) is 5.26. The normalized spacial score (nSPS) is 22.7. The SMILES string of the molecule is O=C1CCc2ccc(=O)n3c2N1C[C@H]3CN1CCC(NCc2cc3c(cn2)OCCS3)CC1. The van der Waals surface area contributed by atoms with Gasteiger partial charge in [0.2, 0.25) is 5.91 Å². The predicted molar refractivity (Wildman–Crippen MR) is 127 cm³/mol. The Balaban J connectivity index is 1.05. The average molecular weight is 468 g/mol. The van der Waals surface area contributed by atoms with E-state index >= 15 is 0 Å². The zero-order valence-corrected chi connectivity index (χ0v) is 19.5. The van der Waals surface area contributed by atoms with Gasteiger partial charge in [-0.1, -0.05) is 0 Å². The van der Waals surface area contributed by atoms with Crippen LogP contribution in [0, 0.1) is 0 Å².